The second kappa shape index (κ2) is 5.98. The number of nitrogens with one attached hydrogen (secondary N) is 1. The van der Waals surface area contributed by atoms with E-state index in [4.69, 9.17) is 10.8 Å². The maximum Gasteiger partial charge on any atom is 0.320 e. The van der Waals surface area contributed by atoms with E-state index in [1.807, 2.05) is 0 Å². The van der Waals surface area contributed by atoms with Gasteiger partial charge in [0.25, 0.3) is 0 Å². The molecule has 0 saturated heterocycles. The van der Waals surface area contributed by atoms with Gasteiger partial charge in [-0.3, -0.25) is 4.79 Å². The Kier molecular flexibility index (Phi) is 5.72. The number of carboxylic acids is 1. The minimum atomic E-state index is -0.909. The fourth-order valence-electron chi connectivity index (χ4n) is 1.08. The first-order chi connectivity index (χ1) is 6.33. The summed E-state index contributed by atoms with van der Waals surface area (Å²) in [6, 6.07) is -0.704. The summed E-state index contributed by atoms with van der Waals surface area (Å²) in [5.74, 6) is -0.909. The van der Waals surface area contributed by atoms with Crippen molar-refractivity contribution in [1.82, 2.24) is 5.32 Å². The van der Waals surface area contributed by atoms with Gasteiger partial charge in [-0.25, -0.2) is 0 Å². The monoisotopic (exact) mass is 202 g/mol. The minimum Gasteiger partial charge on any atom is -0.480 e. The molecule has 0 rings (SSSR count). The Morgan fingerprint density at radius 2 is 2.00 bits per heavy atom. The molecule has 0 heterocycles. The van der Waals surface area contributed by atoms with Crippen molar-refractivity contribution in [3.05, 3.63) is 0 Å². The Morgan fingerprint density at radius 1 is 1.43 bits per heavy atom. The fraction of sp³-hybridized carbons (Fsp3) is 0.900. The molecule has 0 fully saturated rings. The van der Waals surface area contributed by atoms with Crippen LogP contribution in [0, 0.1) is 0 Å². The SMILES string of the molecule is CC(C)(C)NCCCC[C@H](N)C(=O)O. The Hall–Kier alpha value is -0.610. The smallest absolute Gasteiger partial charge is 0.320 e. The average Bonchev–Trinajstić information content (AvgIpc) is 2.01. The van der Waals surface area contributed by atoms with Gasteiger partial charge in [0.2, 0.25) is 0 Å². The first-order valence-corrected chi connectivity index (χ1v) is 5.06. The summed E-state index contributed by atoms with van der Waals surface area (Å²) in [6.45, 7) is 7.23. The van der Waals surface area contributed by atoms with Gasteiger partial charge >= 0.3 is 5.97 Å². The zero-order valence-electron chi connectivity index (χ0n) is 9.34. The van der Waals surface area contributed by atoms with Crippen molar-refractivity contribution in [1.29, 1.82) is 0 Å². The number of hydrogen-bond acceptors (Lipinski definition) is 3. The molecule has 4 nitrogen and oxygen atoms in total. The van der Waals surface area contributed by atoms with Gasteiger partial charge in [-0.15, -0.1) is 0 Å². The molecule has 0 saturated carbocycles. The normalized spacial score (nSPS) is 14.0. The van der Waals surface area contributed by atoms with Gasteiger partial charge in [0.1, 0.15) is 6.04 Å². The molecule has 0 aliphatic rings. The van der Waals surface area contributed by atoms with E-state index in [-0.39, 0.29) is 5.54 Å². The van der Waals surface area contributed by atoms with Crippen LogP contribution in [-0.4, -0.2) is 29.2 Å². The maximum absolute atomic E-state index is 10.4. The van der Waals surface area contributed by atoms with Crippen LogP contribution in [0.25, 0.3) is 0 Å². The summed E-state index contributed by atoms with van der Waals surface area (Å²) in [4.78, 5) is 10.4. The first-order valence-electron chi connectivity index (χ1n) is 5.06. The van der Waals surface area contributed by atoms with Crippen LogP contribution < -0.4 is 11.1 Å². The van der Waals surface area contributed by atoms with E-state index in [0.29, 0.717) is 6.42 Å². The Labute approximate surface area is 85.9 Å². The molecular weight excluding hydrogens is 180 g/mol. The lowest BCUT2D eigenvalue weighted by atomic mass is 10.1. The third-order valence-corrected chi connectivity index (χ3v) is 1.91. The molecule has 0 radical (unpaired) electrons. The third kappa shape index (κ3) is 8.01. The lowest BCUT2D eigenvalue weighted by Gasteiger charge is -2.20. The van der Waals surface area contributed by atoms with Crippen LogP contribution >= 0.6 is 0 Å². The summed E-state index contributed by atoms with van der Waals surface area (Å²) < 4.78 is 0. The molecule has 0 aromatic rings. The Balaban J connectivity index is 3.35. The number of hydrogen-bond donors (Lipinski definition) is 3. The molecule has 4 heteroatoms. The molecule has 0 spiro atoms. The van der Waals surface area contributed by atoms with Crippen LogP contribution in [0.4, 0.5) is 0 Å². The second-order valence-electron chi connectivity index (χ2n) is 4.62. The van der Waals surface area contributed by atoms with Crippen LogP contribution in [0.1, 0.15) is 40.0 Å². The molecular formula is C10H22N2O2. The van der Waals surface area contributed by atoms with E-state index >= 15 is 0 Å². The highest BCUT2D eigenvalue weighted by Gasteiger charge is 2.11. The molecule has 14 heavy (non-hydrogen) atoms. The summed E-state index contributed by atoms with van der Waals surface area (Å²) in [7, 11) is 0. The van der Waals surface area contributed by atoms with Gasteiger partial charge in [-0.05, 0) is 40.2 Å². The molecule has 0 bridgehead atoms. The van der Waals surface area contributed by atoms with Crippen molar-refractivity contribution in [3.63, 3.8) is 0 Å². The number of unbranched alkanes of at least 4 members (excludes halogenated alkanes) is 1. The van der Waals surface area contributed by atoms with E-state index in [1.165, 1.54) is 0 Å². The van der Waals surface area contributed by atoms with Crippen LogP contribution in [0.2, 0.25) is 0 Å². The summed E-state index contributed by atoms with van der Waals surface area (Å²) in [5, 5.41) is 11.9. The summed E-state index contributed by atoms with van der Waals surface area (Å²) in [5.41, 5.74) is 5.50. The van der Waals surface area contributed by atoms with Gasteiger partial charge < -0.3 is 16.2 Å². The van der Waals surface area contributed by atoms with Gasteiger partial charge in [0.05, 0.1) is 0 Å². The lowest BCUT2D eigenvalue weighted by molar-refractivity contribution is -0.138. The van der Waals surface area contributed by atoms with Gasteiger partial charge in [0, 0.05) is 5.54 Å². The van der Waals surface area contributed by atoms with Crippen molar-refractivity contribution < 1.29 is 9.90 Å². The average molecular weight is 202 g/mol. The van der Waals surface area contributed by atoms with Gasteiger partial charge in [-0.1, -0.05) is 6.42 Å². The number of nitrogens with two attached hydrogens (primary N) is 1. The predicted octanol–water partition coefficient (Wildman–Crippen LogP) is 0.957. The van der Waals surface area contributed by atoms with E-state index in [0.717, 1.165) is 19.4 Å². The van der Waals surface area contributed by atoms with Crippen molar-refractivity contribution >= 4 is 5.97 Å². The van der Waals surface area contributed by atoms with Crippen molar-refractivity contribution in [3.8, 4) is 0 Å². The molecule has 0 unspecified atom stereocenters. The van der Waals surface area contributed by atoms with Crippen molar-refractivity contribution in [2.24, 2.45) is 5.73 Å². The summed E-state index contributed by atoms with van der Waals surface area (Å²) >= 11 is 0. The molecule has 4 N–H and O–H groups in total. The topological polar surface area (TPSA) is 75.3 Å². The summed E-state index contributed by atoms with van der Waals surface area (Å²) in [6.07, 6.45) is 2.38. The van der Waals surface area contributed by atoms with Gasteiger partial charge in [0.15, 0.2) is 0 Å². The molecule has 0 aromatic heterocycles. The highest BCUT2D eigenvalue weighted by atomic mass is 16.4. The largest absolute Gasteiger partial charge is 0.480 e. The highest BCUT2D eigenvalue weighted by molar-refractivity contribution is 5.72. The lowest BCUT2D eigenvalue weighted by Crippen LogP contribution is -2.36. The van der Waals surface area contributed by atoms with Crippen LogP contribution in [0.5, 0.6) is 0 Å². The minimum absolute atomic E-state index is 0.134. The third-order valence-electron chi connectivity index (χ3n) is 1.91. The highest BCUT2D eigenvalue weighted by Crippen LogP contribution is 2.02. The van der Waals surface area contributed by atoms with E-state index in [9.17, 15) is 4.79 Å². The Bertz CT molecular complexity index is 175. The van der Waals surface area contributed by atoms with Crippen LogP contribution in [0.15, 0.2) is 0 Å². The van der Waals surface area contributed by atoms with Gasteiger partial charge in [-0.2, -0.15) is 0 Å². The maximum atomic E-state index is 10.4. The zero-order chi connectivity index (χ0) is 11.2. The van der Waals surface area contributed by atoms with Crippen molar-refractivity contribution in [2.75, 3.05) is 6.54 Å². The second-order valence-corrected chi connectivity index (χ2v) is 4.62. The Morgan fingerprint density at radius 3 is 2.43 bits per heavy atom. The molecule has 0 amide bonds. The van der Waals surface area contributed by atoms with Crippen LogP contribution in [0.3, 0.4) is 0 Å². The van der Waals surface area contributed by atoms with E-state index in [1.54, 1.807) is 0 Å². The fourth-order valence-corrected chi connectivity index (χ4v) is 1.08. The first kappa shape index (κ1) is 13.4. The molecule has 0 aliphatic heterocycles. The molecule has 0 aromatic carbocycles. The number of carbonyl (C=O) groups is 1. The number of aliphatic carboxylic acids is 1. The van der Waals surface area contributed by atoms with Crippen molar-refractivity contribution in [2.45, 2.75) is 51.6 Å². The number of rotatable bonds is 6. The van der Waals surface area contributed by atoms with E-state index < -0.39 is 12.0 Å². The quantitative estimate of drug-likeness (QED) is 0.561. The number of carboxylic acid groups (broad SMARTS) is 1. The van der Waals surface area contributed by atoms with Crippen LogP contribution in [-0.2, 0) is 4.79 Å². The predicted molar refractivity (Wildman–Crippen MR) is 57.2 cm³/mol. The zero-order valence-corrected chi connectivity index (χ0v) is 9.34. The molecule has 0 aliphatic carbocycles. The molecule has 84 valence electrons. The standard InChI is InChI=1S/C10H22N2O2/c1-10(2,3)12-7-5-4-6-8(11)9(13)14/h8,12H,4-7,11H2,1-3H3,(H,13,14)/t8-/m0/s1. The molecule has 1 atom stereocenters. The van der Waals surface area contributed by atoms with E-state index in [2.05, 4.69) is 26.1 Å².